The highest BCUT2D eigenvalue weighted by Crippen LogP contribution is 2.46. The molecule has 37 heavy (non-hydrogen) atoms. The predicted octanol–water partition coefficient (Wildman–Crippen LogP) is 7.85. The molecule has 3 saturated carbocycles. The number of aliphatic carboxylic acids is 1. The molecule has 0 aliphatic heterocycles. The van der Waals surface area contributed by atoms with Crippen LogP contribution in [0, 0.1) is 23.2 Å². The summed E-state index contributed by atoms with van der Waals surface area (Å²) >= 11 is 0. The lowest BCUT2D eigenvalue weighted by atomic mass is 9.62. The van der Waals surface area contributed by atoms with Crippen molar-refractivity contribution in [3.05, 3.63) is 54.1 Å². The minimum atomic E-state index is -0.600. The maximum Gasteiger partial charge on any atom is 0.306 e. The molecular formula is C33H45NO3. The van der Waals surface area contributed by atoms with Crippen LogP contribution in [0.5, 0.6) is 5.75 Å². The van der Waals surface area contributed by atoms with Gasteiger partial charge in [0, 0.05) is 12.1 Å². The highest BCUT2D eigenvalue weighted by Gasteiger charge is 2.45. The highest BCUT2D eigenvalue weighted by atomic mass is 16.5. The van der Waals surface area contributed by atoms with E-state index in [0.29, 0.717) is 17.4 Å². The van der Waals surface area contributed by atoms with Crippen LogP contribution in [0.3, 0.4) is 0 Å². The van der Waals surface area contributed by atoms with Crippen molar-refractivity contribution in [1.29, 1.82) is 0 Å². The van der Waals surface area contributed by atoms with Crippen LogP contribution in [0.4, 0.5) is 0 Å². The first-order valence-electron chi connectivity index (χ1n) is 14.5. The molecule has 2 N–H and O–H groups in total. The Labute approximate surface area is 223 Å². The quantitative estimate of drug-likeness (QED) is 0.404. The number of hydrogen-bond donors (Lipinski definition) is 2. The molecule has 2 aromatic rings. The van der Waals surface area contributed by atoms with Crippen LogP contribution in [0.1, 0.15) is 90.5 Å². The normalized spacial score (nSPS) is 30.0. The maximum absolute atomic E-state index is 11.6. The van der Waals surface area contributed by atoms with E-state index in [1.54, 1.807) is 0 Å². The lowest BCUT2D eigenvalue weighted by Gasteiger charge is -2.48. The van der Waals surface area contributed by atoms with Gasteiger partial charge in [0.15, 0.2) is 0 Å². The second-order valence-electron chi connectivity index (χ2n) is 13.2. The van der Waals surface area contributed by atoms with Crippen LogP contribution in [0.25, 0.3) is 11.1 Å². The molecule has 3 aliphatic carbocycles. The lowest BCUT2D eigenvalue weighted by molar-refractivity contribution is -0.146. The predicted molar refractivity (Wildman–Crippen MR) is 150 cm³/mol. The Hall–Kier alpha value is -2.33. The molecule has 3 aliphatic rings. The number of carboxylic acid groups (broad SMARTS) is 1. The zero-order valence-electron chi connectivity index (χ0n) is 23.0. The Bertz CT molecular complexity index is 1060. The van der Waals surface area contributed by atoms with E-state index in [9.17, 15) is 9.90 Å². The largest absolute Gasteiger partial charge is 0.490 e. The lowest BCUT2D eigenvalue weighted by Crippen LogP contribution is -2.53. The molecule has 2 aromatic carbocycles. The summed E-state index contributed by atoms with van der Waals surface area (Å²) in [4.78, 5) is 11.6. The smallest absolute Gasteiger partial charge is 0.306 e. The van der Waals surface area contributed by atoms with Gasteiger partial charge in [-0.1, -0.05) is 57.5 Å². The minimum Gasteiger partial charge on any atom is -0.490 e. The second-order valence-corrected chi connectivity index (χ2v) is 13.2. The fourth-order valence-corrected chi connectivity index (χ4v) is 7.34. The summed E-state index contributed by atoms with van der Waals surface area (Å²) in [6, 6.07) is 17.4. The topological polar surface area (TPSA) is 58.6 Å². The summed E-state index contributed by atoms with van der Waals surface area (Å²) in [5.41, 5.74) is 4.23. The van der Waals surface area contributed by atoms with E-state index in [-0.39, 0.29) is 11.5 Å². The molecule has 0 amide bonds. The molecule has 3 atom stereocenters. The molecule has 4 heteroatoms. The summed E-state index contributed by atoms with van der Waals surface area (Å²) in [6.45, 7) is 7.91. The van der Waals surface area contributed by atoms with E-state index in [4.69, 9.17) is 4.74 Å². The average Bonchev–Trinajstić information content (AvgIpc) is 2.88. The van der Waals surface area contributed by atoms with Gasteiger partial charge >= 0.3 is 5.97 Å². The van der Waals surface area contributed by atoms with Crippen LogP contribution in [0.15, 0.2) is 48.5 Å². The molecule has 0 saturated heterocycles. The van der Waals surface area contributed by atoms with Crippen LogP contribution < -0.4 is 10.1 Å². The van der Waals surface area contributed by atoms with Gasteiger partial charge in [-0.15, -0.1) is 0 Å². The molecular weight excluding hydrogens is 458 g/mol. The molecule has 0 aromatic heterocycles. The van der Waals surface area contributed by atoms with Gasteiger partial charge in [-0.25, -0.2) is 0 Å². The van der Waals surface area contributed by atoms with Gasteiger partial charge in [-0.2, -0.15) is 0 Å². The monoisotopic (exact) mass is 503 g/mol. The standard InChI is InChI=1S/C33H45NO3/c1-32(2,3)27-11-15-29(16-12-27)37-28-13-9-24(10-14-28)25-7-4-6-23(20-25)22-34-33-18-5-8-26(21-33)30(17-19-33)31(35)36/h4,6-7,9-10,13-14,20,26-27,29-30,34H,5,8,11-12,15-19,21-22H2,1-3H3,(H,35,36). The van der Waals surface area contributed by atoms with Gasteiger partial charge in [-0.3, -0.25) is 4.79 Å². The Kier molecular flexibility index (Phi) is 7.68. The summed E-state index contributed by atoms with van der Waals surface area (Å²) in [7, 11) is 0. The van der Waals surface area contributed by atoms with Gasteiger partial charge in [0.05, 0.1) is 12.0 Å². The van der Waals surface area contributed by atoms with Crippen molar-refractivity contribution >= 4 is 5.97 Å². The van der Waals surface area contributed by atoms with Gasteiger partial charge in [-0.05, 0) is 110 Å². The number of carbonyl (C=O) groups is 1. The first kappa shape index (κ1) is 26.3. The van der Waals surface area contributed by atoms with Crippen molar-refractivity contribution in [3.63, 3.8) is 0 Å². The molecule has 0 heterocycles. The van der Waals surface area contributed by atoms with E-state index >= 15 is 0 Å². The van der Waals surface area contributed by atoms with Crippen molar-refractivity contribution in [3.8, 4) is 16.9 Å². The van der Waals surface area contributed by atoms with Gasteiger partial charge in [0.1, 0.15) is 5.75 Å². The molecule has 5 rings (SSSR count). The molecule has 200 valence electrons. The third-order valence-electron chi connectivity index (χ3n) is 9.69. The van der Waals surface area contributed by atoms with E-state index in [1.165, 1.54) is 29.5 Å². The first-order chi connectivity index (χ1) is 17.7. The van der Waals surface area contributed by atoms with Crippen LogP contribution >= 0.6 is 0 Å². The first-order valence-corrected chi connectivity index (χ1v) is 14.5. The summed E-state index contributed by atoms with van der Waals surface area (Å²) in [5.74, 6) is 1.36. The number of carboxylic acids is 1. The van der Waals surface area contributed by atoms with Crippen molar-refractivity contribution in [2.24, 2.45) is 23.2 Å². The molecule has 0 radical (unpaired) electrons. The Balaban J connectivity index is 1.17. The van der Waals surface area contributed by atoms with Crippen LogP contribution in [-0.2, 0) is 11.3 Å². The molecule has 3 unspecified atom stereocenters. The molecule has 3 fully saturated rings. The summed E-state index contributed by atoms with van der Waals surface area (Å²) in [5, 5.41) is 13.5. The highest BCUT2D eigenvalue weighted by molar-refractivity contribution is 5.70. The Morgan fingerprint density at radius 2 is 1.73 bits per heavy atom. The van der Waals surface area contributed by atoms with Gasteiger partial charge < -0.3 is 15.2 Å². The van der Waals surface area contributed by atoms with Crippen molar-refractivity contribution in [2.75, 3.05) is 0 Å². The zero-order chi connectivity index (χ0) is 26.0. The number of benzene rings is 2. The van der Waals surface area contributed by atoms with Gasteiger partial charge in [0.25, 0.3) is 0 Å². The third-order valence-corrected chi connectivity index (χ3v) is 9.69. The van der Waals surface area contributed by atoms with E-state index in [1.807, 2.05) is 0 Å². The Morgan fingerprint density at radius 3 is 2.43 bits per heavy atom. The SMILES string of the molecule is CC(C)(C)C1CCC(Oc2ccc(-c3cccc(CNC45CCCC(C4)C(C(=O)O)CC5)c3)cc2)CC1. The maximum atomic E-state index is 11.6. The fourth-order valence-electron chi connectivity index (χ4n) is 7.34. The third kappa shape index (κ3) is 6.22. The van der Waals surface area contributed by atoms with E-state index < -0.39 is 5.97 Å². The number of rotatable bonds is 7. The van der Waals surface area contributed by atoms with E-state index in [0.717, 1.165) is 69.6 Å². The van der Waals surface area contributed by atoms with Crippen molar-refractivity contribution in [1.82, 2.24) is 5.32 Å². The zero-order valence-corrected chi connectivity index (χ0v) is 23.0. The summed E-state index contributed by atoms with van der Waals surface area (Å²) < 4.78 is 6.35. The second kappa shape index (κ2) is 10.8. The van der Waals surface area contributed by atoms with E-state index in [2.05, 4.69) is 74.6 Å². The summed E-state index contributed by atoms with van der Waals surface area (Å²) in [6.07, 6.45) is 11.3. The van der Waals surface area contributed by atoms with Crippen LogP contribution in [0.2, 0.25) is 0 Å². The van der Waals surface area contributed by atoms with Crippen molar-refractivity contribution in [2.45, 2.75) is 103 Å². The molecule has 4 nitrogen and oxygen atoms in total. The average molecular weight is 504 g/mol. The fraction of sp³-hybridized carbons (Fsp3) is 0.606. The molecule has 2 bridgehead atoms. The number of nitrogens with one attached hydrogen (secondary N) is 1. The number of ether oxygens (including phenoxy) is 1. The van der Waals surface area contributed by atoms with Crippen LogP contribution in [-0.4, -0.2) is 22.7 Å². The van der Waals surface area contributed by atoms with Crippen molar-refractivity contribution < 1.29 is 14.6 Å². The Morgan fingerprint density at radius 1 is 0.973 bits per heavy atom. The minimum absolute atomic E-state index is 0.107. The molecule has 0 spiro atoms. The number of hydrogen-bond acceptors (Lipinski definition) is 3. The van der Waals surface area contributed by atoms with Gasteiger partial charge in [0.2, 0.25) is 0 Å². The number of fused-ring (bicyclic) bond motifs is 2.